The van der Waals surface area contributed by atoms with E-state index in [9.17, 15) is 0 Å². The highest BCUT2D eigenvalue weighted by Gasteiger charge is 2.04. The molecule has 0 spiro atoms. The van der Waals surface area contributed by atoms with Crippen molar-refractivity contribution in [1.29, 1.82) is 0 Å². The quantitative estimate of drug-likeness (QED) is 0.577. The van der Waals surface area contributed by atoms with Crippen LogP contribution in [-0.2, 0) is 5.75 Å². The molecule has 5 heteroatoms. The smallest absolute Gasteiger partial charge is 0.166 e. The molecule has 0 atom stereocenters. The third-order valence-corrected chi connectivity index (χ3v) is 4.75. The van der Waals surface area contributed by atoms with Gasteiger partial charge in [-0.05, 0) is 18.2 Å². The van der Waals surface area contributed by atoms with E-state index >= 15 is 0 Å². The van der Waals surface area contributed by atoms with E-state index in [1.165, 1.54) is 4.88 Å². The summed E-state index contributed by atoms with van der Waals surface area (Å²) in [4.78, 5) is 9.16. The van der Waals surface area contributed by atoms with Crippen LogP contribution >= 0.6 is 23.1 Å². The number of hydrogen-bond acceptors (Lipinski definition) is 4. The van der Waals surface area contributed by atoms with Crippen molar-refractivity contribution in [1.82, 2.24) is 9.97 Å². The standard InChI is InChI=1S/C15H13N3S2/c16-7-3-4-11-8-12(19-9-11)10-20-15-17-13-5-1-2-6-14(13)18-15/h1-2,5-6,8-9H,7,10,16H2,(H,17,18). The number of H-pyrrole nitrogens is 1. The Bertz CT molecular complexity index is 744. The second-order valence-electron chi connectivity index (χ2n) is 4.16. The molecule has 0 fully saturated rings. The Hall–Kier alpha value is -1.74. The minimum atomic E-state index is 0.402. The van der Waals surface area contributed by atoms with Crippen molar-refractivity contribution in [3.05, 3.63) is 46.2 Å². The number of nitrogens with two attached hydrogens (primary N) is 1. The molecule has 1 aromatic carbocycles. The van der Waals surface area contributed by atoms with E-state index in [0.717, 1.165) is 27.5 Å². The second-order valence-corrected chi connectivity index (χ2v) is 6.12. The number of para-hydroxylation sites is 2. The minimum Gasteiger partial charge on any atom is -0.333 e. The molecule has 20 heavy (non-hydrogen) atoms. The molecule has 0 saturated heterocycles. The van der Waals surface area contributed by atoms with E-state index in [-0.39, 0.29) is 0 Å². The molecule has 3 rings (SSSR count). The minimum absolute atomic E-state index is 0.402. The number of hydrogen-bond donors (Lipinski definition) is 2. The van der Waals surface area contributed by atoms with Crippen LogP contribution in [0.4, 0.5) is 0 Å². The summed E-state index contributed by atoms with van der Waals surface area (Å²) in [6.45, 7) is 0.402. The number of aromatic amines is 1. The summed E-state index contributed by atoms with van der Waals surface area (Å²) in [6, 6.07) is 10.2. The summed E-state index contributed by atoms with van der Waals surface area (Å²) in [5.41, 5.74) is 8.50. The Morgan fingerprint density at radius 1 is 1.35 bits per heavy atom. The van der Waals surface area contributed by atoms with Crippen molar-refractivity contribution in [2.75, 3.05) is 6.54 Å². The molecule has 0 aliphatic heterocycles. The predicted octanol–water partition coefficient (Wildman–Crippen LogP) is 3.23. The van der Waals surface area contributed by atoms with Crippen LogP contribution in [0.2, 0.25) is 0 Å². The number of thioether (sulfide) groups is 1. The Labute approximate surface area is 125 Å². The van der Waals surface area contributed by atoms with Gasteiger partial charge in [0, 0.05) is 21.6 Å². The molecule has 0 radical (unpaired) electrons. The first-order chi connectivity index (χ1) is 9.85. The molecule has 100 valence electrons. The van der Waals surface area contributed by atoms with Gasteiger partial charge in [-0.2, -0.15) is 0 Å². The lowest BCUT2D eigenvalue weighted by Gasteiger charge is -1.93. The van der Waals surface area contributed by atoms with Crippen molar-refractivity contribution < 1.29 is 0 Å². The van der Waals surface area contributed by atoms with E-state index in [1.54, 1.807) is 23.1 Å². The monoisotopic (exact) mass is 299 g/mol. The van der Waals surface area contributed by atoms with Gasteiger partial charge in [0.25, 0.3) is 0 Å². The van der Waals surface area contributed by atoms with Crippen LogP contribution in [-0.4, -0.2) is 16.5 Å². The molecule has 0 aliphatic carbocycles. The number of fused-ring (bicyclic) bond motifs is 1. The van der Waals surface area contributed by atoms with Gasteiger partial charge in [0.1, 0.15) is 0 Å². The van der Waals surface area contributed by atoms with Crippen LogP contribution in [0.3, 0.4) is 0 Å². The van der Waals surface area contributed by atoms with E-state index in [0.29, 0.717) is 6.54 Å². The van der Waals surface area contributed by atoms with E-state index in [2.05, 4.69) is 33.3 Å². The van der Waals surface area contributed by atoms with Crippen LogP contribution in [0, 0.1) is 11.8 Å². The van der Waals surface area contributed by atoms with E-state index in [1.807, 2.05) is 24.3 Å². The summed E-state index contributed by atoms with van der Waals surface area (Å²) >= 11 is 3.43. The fourth-order valence-electron chi connectivity index (χ4n) is 1.81. The first-order valence-corrected chi connectivity index (χ1v) is 8.05. The summed E-state index contributed by atoms with van der Waals surface area (Å²) in [5, 5.41) is 3.02. The normalized spacial score (nSPS) is 10.4. The zero-order valence-electron chi connectivity index (χ0n) is 10.7. The van der Waals surface area contributed by atoms with Crippen LogP contribution in [0.25, 0.3) is 11.0 Å². The molecule has 2 heterocycles. The van der Waals surface area contributed by atoms with Gasteiger partial charge in [-0.3, -0.25) is 0 Å². The number of nitrogens with zero attached hydrogens (tertiary/aromatic N) is 1. The third kappa shape index (κ3) is 3.05. The van der Waals surface area contributed by atoms with Crippen molar-refractivity contribution >= 4 is 34.1 Å². The fourth-order valence-corrected chi connectivity index (χ4v) is 3.57. The summed E-state index contributed by atoms with van der Waals surface area (Å²) in [6.07, 6.45) is 0. The van der Waals surface area contributed by atoms with Gasteiger partial charge in [0.2, 0.25) is 0 Å². The fraction of sp³-hybridized carbons (Fsp3) is 0.133. The van der Waals surface area contributed by atoms with Gasteiger partial charge in [-0.15, -0.1) is 11.3 Å². The average Bonchev–Trinajstić information content (AvgIpc) is 3.09. The molecule has 2 aromatic heterocycles. The summed E-state index contributed by atoms with van der Waals surface area (Å²) in [7, 11) is 0. The van der Waals surface area contributed by atoms with Crippen molar-refractivity contribution in [2.45, 2.75) is 10.9 Å². The zero-order valence-corrected chi connectivity index (χ0v) is 12.4. The lowest BCUT2D eigenvalue weighted by Crippen LogP contribution is -1.92. The van der Waals surface area contributed by atoms with Crippen molar-refractivity contribution in [3.63, 3.8) is 0 Å². The Balaban J connectivity index is 1.68. The molecular formula is C15H13N3S2. The number of imidazole rings is 1. The van der Waals surface area contributed by atoms with Crippen LogP contribution in [0.15, 0.2) is 40.9 Å². The number of thiophene rings is 1. The Morgan fingerprint density at radius 2 is 2.25 bits per heavy atom. The summed E-state index contributed by atoms with van der Waals surface area (Å²) < 4.78 is 0. The highest BCUT2D eigenvalue weighted by Crippen LogP contribution is 2.26. The molecular weight excluding hydrogens is 286 g/mol. The highest BCUT2D eigenvalue weighted by atomic mass is 32.2. The van der Waals surface area contributed by atoms with Gasteiger partial charge in [0.15, 0.2) is 5.16 Å². The molecule has 0 saturated carbocycles. The van der Waals surface area contributed by atoms with Gasteiger partial charge < -0.3 is 10.7 Å². The van der Waals surface area contributed by atoms with Gasteiger partial charge >= 0.3 is 0 Å². The van der Waals surface area contributed by atoms with Gasteiger partial charge in [-0.1, -0.05) is 35.7 Å². The van der Waals surface area contributed by atoms with Crippen LogP contribution in [0.1, 0.15) is 10.4 Å². The van der Waals surface area contributed by atoms with Crippen LogP contribution < -0.4 is 5.73 Å². The Morgan fingerprint density at radius 3 is 3.10 bits per heavy atom. The summed E-state index contributed by atoms with van der Waals surface area (Å²) in [5.74, 6) is 6.81. The number of aromatic nitrogens is 2. The molecule has 0 bridgehead atoms. The molecule has 0 amide bonds. The average molecular weight is 299 g/mol. The van der Waals surface area contributed by atoms with E-state index < -0.39 is 0 Å². The topological polar surface area (TPSA) is 54.7 Å². The third-order valence-electron chi connectivity index (χ3n) is 2.71. The number of rotatable bonds is 3. The van der Waals surface area contributed by atoms with Gasteiger partial charge in [-0.25, -0.2) is 4.98 Å². The first-order valence-electron chi connectivity index (χ1n) is 6.19. The second kappa shape index (κ2) is 6.14. The maximum Gasteiger partial charge on any atom is 0.166 e. The number of benzene rings is 1. The maximum atomic E-state index is 5.37. The van der Waals surface area contributed by atoms with Gasteiger partial charge in [0.05, 0.1) is 17.6 Å². The molecule has 3 aromatic rings. The van der Waals surface area contributed by atoms with Crippen molar-refractivity contribution in [3.8, 4) is 11.8 Å². The molecule has 3 nitrogen and oxygen atoms in total. The van der Waals surface area contributed by atoms with E-state index in [4.69, 9.17) is 5.73 Å². The van der Waals surface area contributed by atoms with Crippen molar-refractivity contribution in [2.24, 2.45) is 5.73 Å². The predicted molar refractivity (Wildman–Crippen MR) is 85.9 cm³/mol. The lowest BCUT2D eigenvalue weighted by atomic mass is 10.3. The SMILES string of the molecule is NCC#Cc1csc(CSc2nc3ccccc3[nH]2)c1. The molecule has 0 aliphatic rings. The van der Waals surface area contributed by atoms with Crippen LogP contribution in [0.5, 0.6) is 0 Å². The largest absolute Gasteiger partial charge is 0.333 e. The number of nitrogens with one attached hydrogen (secondary N) is 1. The first kappa shape index (κ1) is 13.3. The lowest BCUT2D eigenvalue weighted by molar-refractivity contribution is 1.08. The highest BCUT2D eigenvalue weighted by molar-refractivity contribution is 7.98. The Kier molecular flexibility index (Phi) is 4.07. The molecule has 0 unspecified atom stereocenters. The molecule has 3 N–H and O–H groups in total. The maximum absolute atomic E-state index is 5.37. The zero-order chi connectivity index (χ0) is 13.8.